The topological polar surface area (TPSA) is 27.7 Å². The third kappa shape index (κ3) is 4.78. The Morgan fingerprint density at radius 2 is 2.05 bits per heavy atom. The number of hydrogen-bond acceptors (Lipinski definition) is 3. The Morgan fingerprint density at radius 1 is 1.32 bits per heavy atom. The van der Waals surface area contributed by atoms with Gasteiger partial charge in [0, 0.05) is 5.33 Å². The third-order valence-corrected chi connectivity index (χ3v) is 3.79. The zero-order chi connectivity index (χ0) is 16.0. The maximum absolute atomic E-state index is 6.01. The molecule has 0 unspecified atom stereocenters. The van der Waals surface area contributed by atoms with Gasteiger partial charge in [0.1, 0.15) is 18.3 Å². The number of alkyl halides is 1. The van der Waals surface area contributed by atoms with Crippen molar-refractivity contribution >= 4 is 15.9 Å². The summed E-state index contributed by atoms with van der Waals surface area (Å²) < 4.78 is 18.0. The summed E-state index contributed by atoms with van der Waals surface area (Å²) in [5.41, 5.74) is 1.13. The van der Waals surface area contributed by atoms with E-state index in [2.05, 4.69) is 22.5 Å². The summed E-state index contributed by atoms with van der Waals surface area (Å²) in [5, 5.41) is 0.781. The minimum Gasteiger partial charge on any atom is -0.367 e. The van der Waals surface area contributed by atoms with Crippen LogP contribution in [0.25, 0.3) is 0 Å². The van der Waals surface area contributed by atoms with Crippen molar-refractivity contribution < 1.29 is 14.2 Å². The largest absolute Gasteiger partial charge is 0.367 e. The second kappa shape index (κ2) is 8.06. The SMILES string of the molecule is C=C[C@@H](OCc1ccccc1)[C@H]1OC(C)(C)O[C@@H]1/C=C/CBr. The minimum atomic E-state index is -0.622. The molecule has 3 atom stereocenters. The zero-order valence-corrected chi connectivity index (χ0v) is 14.7. The molecule has 1 aliphatic heterocycles. The van der Waals surface area contributed by atoms with Gasteiger partial charge in [-0.3, -0.25) is 0 Å². The standard InChI is InChI=1S/C18H23BrO3/c1-4-15(20-13-14-9-6-5-7-10-14)17-16(11-8-12-19)21-18(2,3)22-17/h4-11,15-17H,1,12-13H2,2-3H3/b11-8+/t15-,16-,17-/m1/s1. The van der Waals surface area contributed by atoms with Crippen molar-refractivity contribution in [1.82, 2.24) is 0 Å². The Balaban J connectivity index is 2.04. The molecule has 0 N–H and O–H groups in total. The van der Waals surface area contributed by atoms with Crippen LogP contribution in [0.5, 0.6) is 0 Å². The Bertz CT molecular complexity index is 498. The van der Waals surface area contributed by atoms with E-state index in [1.807, 2.05) is 56.3 Å². The van der Waals surface area contributed by atoms with Gasteiger partial charge in [0.05, 0.1) is 6.61 Å². The van der Waals surface area contributed by atoms with Gasteiger partial charge < -0.3 is 14.2 Å². The summed E-state index contributed by atoms with van der Waals surface area (Å²) in [6, 6.07) is 10.1. The van der Waals surface area contributed by atoms with E-state index in [0.29, 0.717) is 6.61 Å². The fourth-order valence-electron chi connectivity index (χ4n) is 2.47. The van der Waals surface area contributed by atoms with Gasteiger partial charge in [-0.1, -0.05) is 64.5 Å². The molecular weight excluding hydrogens is 344 g/mol. The Labute approximate surface area is 141 Å². The van der Waals surface area contributed by atoms with Crippen molar-refractivity contribution in [2.24, 2.45) is 0 Å². The van der Waals surface area contributed by atoms with Gasteiger partial charge in [0.15, 0.2) is 5.79 Å². The lowest BCUT2D eigenvalue weighted by Gasteiger charge is -2.23. The molecule has 4 heteroatoms. The normalized spacial score (nSPS) is 25.4. The molecule has 22 heavy (non-hydrogen) atoms. The smallest absolute Gasteiger partial charge is 0.164 e. The highest BCUT2D eigenvalue weighted by molar-refractivity contribution is 9.09. The van der Waals surface area contributed by atoms with Crippen molar-refractivity contribution in [3.8, 4) is 0 Å². The van der Waals surface area contributed by atoms with Crippen molar-refractivity contribution in [2.75, 3.05) is 5.33 Å². The van der Waals surface area contributed by atoms with E-state index in [0.717, 1.165) is 10.9 Å². The number of rotatable bonds is 7. The van der Waals surface area contributed by atoms with Crippen LogP contribution >= 0.6 is 15.9 Å². The summed E-state index contributed by atoms with van der Waals surface area (Å²) >= 11 is 3.39. The molecule has 0 amide bonds. The van der Waals surface area contributed by atoms with Crippen LogP contribution in [0, 0.1) is 0 Å². The van der Waals surface area contributed by atoms with E-state index in [1.54, 1.807) is 6.08 Å². The third-order valence-electron chi connectivity index (χ3n) is 3.42. The Kier molecular flexibility index (Phi) is 6.38. The molecule has 1 aliphatic rings. The Morgan fingerprint density at radius 3 is 2.68 bits per heavy atom. The van der Waals surface area contributed by atoms with Gasteiger partial charge >= 0.3 is 0 Å². The first kappa shape index (κ1) is 17.4. The number of ether oxygens (including phenoxy) is 3. The van der Waals surface area contributed by atoms with E-state index in [9.17, 15) is 0 Å². The molecule has 1 fully saturated rings. The lowest BCUT2D eigenvalue weighted by molar-refractivity contribution is -0.154. The molecule has 0 spiro atoms. The van der Waals surface area contributed by atoms with Crippen LogP contribution in [-0.2, 0) is 20.8 Å². The lowest BCUT2D eigenvalue weighted by atomic mass is 10.1. The predicted octanol–water partition coefficient (Wildman–Crippen LogP) is 4.23. The highest BCUT2D eigenvalue weighted by Crippen LogP contribution is 2.32. The van der Waals surface area contributed by atoms with Gasteiger partial charge in [-0.2, -0.15) is 0 Å². The molecule has 3 nitrogen and oxygen atoms in total. The van der Waals surface area contributed by atoms with Crippen LogP contribution in [0.3, 0.4) is 0 Å². The van der Waals surface area contributed by atoms with E-state index in [1.165, 1.54) is 0 Å². The summed E-state index contributed by atoms with van der Waals surface area (Å²) in [4.78, 5) is 0. The second-order valence-electron chi connectivity index (χ2n) is 5.64. The minimum absolute atomic E-state index is 0.147. The highest BCUT2D eigenvalue weighted by atomic mass is 79.9. The first-order chi connectivity index (χ1) is 10.6. The maximum Gasteiger partial charge on any atom is 0.164 e. The van der Waals surface area contributed by atoms with Crippen LogP contribution in [0.15, 0.2) is 55.1 Å². The van der Waals surface area contributed by atoms with Gasteiger partial charge in [0.25, 0.3) is 0 Å². The average molecular weight is 367 g/mol. The molecule has 1 heterocycles. The van der Waals surface area contributed by atoms with E-state index >= 15 is 0 Å². The number of allylic oxidation sites excluding steroid dienone is 1. The summed E-state index contributed by atoms with van der Waals surface area (Å²) in [6.45, 7) is 8.24. The molecule has 0 bridgehead atoms. The quantitative estimate of drug-likeness (QED) is 0.533. The molecule has 2 rings (SSSR count). The van der Waals surface area contributed by atoms with Crippen LogP contribution in [0.2, 0.25) is 0 Å². The molecule has 1 aromatic rings. The average Bonchev–Trinajstić information content (AvgIpc) is 2.82. The second-order valence-corrected chi connectivity index (χ2v) is 6.29. The summed E-state index contributed by atoms with van der Waals surface area (Å²) in [7, 11) is 0. The lowest BCUT2D eigenvalue weighted by Crippen LogP contribution is -2.35. The first-order valence-corrected chi connectivity index (χ1v) is 8.54. The molecule has 1 saturated heterocycles. The molecule has 0 aliphatic carbocycles. The molecule has 120 valence electrons. The summed E-state index contributed by atoms with van der Waals surface area (Å²) in [5.74, 6) is -0.622. The molecular formula is C18H23BrO3. The number of halogens is 1. The van der Waals surface area contributed by atoms with E-state index in [-0.39, 0.29) is 18.3 Å². The maximum atomic E-state index is 6.01. The fraction of sp³-hybridized carbons (Fsp3) is 0.444. The fourth-order valence-corrected chi connectivity index (χ4v) is 2.69. The van der Waals surface area contributed by atoms with Crippen molar-refractivity contribution in [3.05, 3.63) is 60.7 Å². The first-order valence-electron chi connectivity index (χ1n) is 7.42. The van der Waals surface area contributed by atoms with Gasteiger partial charge in [-0.25, -0.2) is 0 Å². The highest BCUT2D eigenvalue weighted by Gasteiger charge is 2.43. The number of benzene rings is 1. The van der Waals surface area contributed by atoms with Crippen LogP contribution in [-0.4, -0.2) is 29.4 Å². The van der Waals surface area contributed by atoms with Crippen molar-refractivity contribution in [1.29, 1.82) is 0 Å². The molecule has 0 saturated carbocycles. The Hall–Kier alpha value is -0.940. The monoisotopic (exact) mass is 366 g/mol. The summed E-state index contributed by atoms with van der Waals surface area (Å²) in [6.07, 6.45) is 5.23. The van der Waals surface area contributed by atoms with E-state index in [4.69, 9.17) is 14.2 Å². The van der Waals surface area contributed by atoms with E-state index < -0.39 is 5.79 Å². The predicted molar refractivity (Wildman–Crippen MR) is 92.0 cm³/mol. The zero-order valence-electron chi connectivity index (χ0n) is 13.1. The molecule has 0 aromatic heterocycles. The molecule has 0 radical (unpaired) electrons. The van der Waals surface area contributed by atoms with Gasteiger partial charge in [-0.05, 0) is 19.4 Å². The van der Waals surface area contributed by atoms with Crippen LogP contribution < -0.4 is 0 Å². The van der Waals surface area contributed by atoms with Crippen molar-refractivity contribution in [3.63, 3.8) is 0 Å². The van der Waals surface area contributed by atoms with Gasteiger partial charge in [-0.15, -0.1) is 6.58 Å². The number of hydrogen-bond donors (Lipinski definition) is 0. The van der Waals surface area contributed by atoms with Crippen LogP contribution in [0.4, 0.5) is 0 Å². The molecule has 1 aromatic carbocycles. The van der Waals surface area contributed by atoms with Gasteiger partial charge in [0.2, 0.25) is 0 Å². The van der Waals surface area contributed by atoms with Crippen LogP contribution in [0.1, 0.15) is 19.4 Å². The van der Waals surface area contributed by atoms with Crippen molar-refractivity contribution in [2.45, 2.75) is 44.6 Å².